The molecule has 31 heavy (non-hydrogen) atoms. The van der Waals surface area contributed by atoms with Gasteiger partial charge < -0.3 is 19.6 Å². The van der Waals surface area contributed by atoms with Gasteiger partial charge in [-0.15, -0.1) is 0 Å². The third kappa shape index (κ3) is 5.61. The second kappa shape index (κ2) is 9.31. The van der Waals surface area contributed by atoms with Gasteiger partial charge in [0.15, 0.2) is 5.75 Å². The van der Waals surface area contributed by atoms with Crippen molar-refractivity contribution in [3.63, 3.8) is 0 Å². The highest BCUT2D eigenvalue weighted by Gasteiger charge is 2.22. The first kappa shape index (κ1) is 21.8. The number of ether oxygens (including phenoxy) is 1. The van der Waals surface area contributed by atoms with Crippen molar-refractivity contribution in [2.75, 3.05) is 17.7 Å². The van der Waals surface area contributed by atoms with Crippen molar-refractivity contribution in [1.29, 1.82) is 0 Å². The van der Waals surface area contributed by atoms with Crippen LogP contribution in [0.25, 0.3) is 0 Å². The van der Waals surface area contributed by atoms with Crippen molar-refractivity contribution >= 4 is 33.5 Å². The molecule has 0 aliphatic rings. The summed E-state index contributed by atoms with van der Waals surface area (Å²) in [5.41, 5.74) is 1.57. The summed E-state index contributed by atoms with van der Waals surface area (Å²) in [5.74, 6) is -1.06. The number of hydrogen-bond donors (Lipinski definition) is 2. The van der Waals surface area contributed by atoms with Crippen LogP contribution in [0.3, 0.4) is 0 Å². The van der Waals surface area contributed by atoms with Gasteiger partial charge >= 0.3 is 22.1 Å². The fourth-order valence-corrected chi connectivity index (χ4v) is 3.57. The highest BCUT2D eigenvalue weighted by Crippen LogP contribution is 2.28. The second-order valence-corrected chi connectivity index (χ2v) is 8.04. The number of rotatable bonds is 6. The predicted molar refractivity (Wildman–Crippen MR) is 116 cm³/mol. The van der Waals surface area contributed by atoms with E-state index in [1.807, 2.05) is 13.0 Å². The molecule has 0 spiro atoms. The van der Waals surface area contributed by atoms with Crippen LogP contribution in [0.1, 0.15) is 15.9 Å². The molecule has 3 rings (SSSR count). The molecule has 0 aliphatic carbocycles. The van der Waals surface area contributed by atoms with E-state index in [-0.39, 0.29) is 21.9 Å². The molecule has 0 bridgehead atoms. The van der Waals surface area contributed by atoms with Crippen molar-refractivity contribution in [3.05, 3.63) is 83.9 Å². The van der Waals surface area contributed by atoms with Crippen LogP contribution in [-0.2, 0) is 14.9 Å². The zero-order chi connectivity index (χ0) is 22.4. The van der Waals surface area contributed by atoms with Gasteiger partial charge in [-0.1, -0.05) is 35.9 Å². The second-order valence-electron chi connectivity index (χ2n) is 6.50. The molecule has 0 radical (unpaired) electrons. The van der Waals surface area contributed by atoms with Gasteiger partial charge in [-0.2, -0.15) is 8.42 Å². The quantitative estimate of drug-likeness (QED) is 0.439. The lowest BCUT2D eigenvalue weighted by Crippen LogP contribution is -2.20. The van der Waals surface area contributed by atoms with E-state index >= 15 is 0 Å². The van der Waals surface area contributed by atoms with E-state index in [1.54, 1.807) is 36.4 Å². The van der Waals surface area contributed by atoms with Crippen LogP contribution in [0.2, 0.25) is 0 Å². The topological polar surface area (TPSA) is 111 Å². The Bertz CT molecular complexity index is 1190. The van der Waals surface area contributed by atoms with Crippen molar-refractivity contribution in [3.8, 4) is 5.75 Å². The Morgan fingerprint density at radius 3 is 2.13 bits per heavy atom. The highest BCUT2D eigenvalue weighted by molar-refractivity contribution is 7.87. The van der Waals surface area contributed by atoms with E-state index < -0.39 is 22.1 Å². The van der Waals surface area contributed by atoms with Crippen molar-refractivity contribution in [2.45, 2.75) is 11.8 Å². The number of carbonyl (C=O) groups is 2. The van der Waals surface area contributed by atoms with Gasteiger partial charge in [0.05, 0.1) is 7.11 Å². The predicted octanol–water partition coefficient (Wildman–Crippen LogP) is 4.19. The maximum atomic E-state index is 12.7. The highest BCUT2D eigenvalue weighted by atomic mass is 32.2. The first-order valence-corrected chi connectivity index (χ1v) is 10.6. The molecule has 3 aromatic carbocycles. The third-order valence-electron chi connectivity index (χ3n) is 4.19. The van der Waals surface area contributed by atoms with E-state index in [0.29, 0.717) is 5.69 Å². The average Bonchev–Trinajstić information content (AvgIpc) is 2.74. The average molecular weight is 440 g/mol. The van der Waals surface area contributed by atoms with Gasteiger partial charge in [0, 0.05) is 17.4 Å². The first-order chi connectivity index (χ1) is 14.8. The molecular weight excluding hydrogens is 420 g/mol. The standard InChI is InChI=1S/C22H20N2O6S/c1-15-8-11-18(12-9-15)31(27,28)30-20-14-17(10-13-19(20)21(25)29-2)24-22(26)23-16-6-4-3-5-7-16/h3-14H,1-2H3,(H2,23,24,26). The zero-order valence-electron chi connectivity index (χ0n) is 16.8. The number of carbonyl (C=O) groups excluding carboxylic acids is 2. The summed E-state index contributed by atoms with van der Waals surface area (Å²) in [6.45, 7) is 1.82. The molecule has 3 aromatic rings. The molecular formula is C22H20N2O6S. The Balaban J connectivity index is 1.87. The summed E-state index contributed by atoms with van der Waals surface area (Å²) in [6, 6.07) is 18.3. The van der Waals surface area contributed by atoms with E-state index in [0.717, 1.165) is 5.56 Å². The Morgan fingerprint density at radius 1 is 0.839 bits per heavy atom. The van der Waals surface area contributed by atoms with Gasteiger partial charge in [0.25, 0.3) is 0 Å². The SMILES string of the molecule is COC(=O)c1ccc(NC(=O)Nc2ccccc2)cc1OS(=O)(=O)c1ccc(C)cc1. The van der Waals surface area contributed by atoms with Gasteiger partial charge in [-0.3, -0.25) is 0 Å². The normalized spacial score (nSPS) is 10.8. The van der Waals surface area contributed by atoms with Gasteiger partial charge in [-0.05, 0) is 43.3 Å². The molecule has 9 heteroatoms. The third-order valence-corrected chi connectivity index (χ3v) is 5.43. The molecule has 0 aromatic heterocycles. The molecule has 0 unspecified atom stereocenters. The molecule has 2 amide bonds. The number of methoxy groups -OCH3 is 1. The Kier molecular flexibility index (Phi) is 6.56. The first-order valence-electron chi connectivity index (χ1n) is 9.15. The minimum atomic E-state index is -4.22. The van der Waals surface area contributed by atoms with Crippen LogP contribution in [-0.4, -0.2) is 27.5 Å². The van der Waals surface area contributed by atoms with Gasteiger partial charge in [0.2, 0.25) is 0 Å². The molecule has 0 atom stereocenters. The van der Waals surface area contributed by atoms with Gasteiger partial charge in [-0.25, -0.2) is 9.59 Å². The number of anilines is 2. The van der Waals surface area contributed by atoms with Crippen LogP contribution < -0.4 is 14.8 Å². The molecule has 0 fully saturated rings. The molecule has 0 aliphatic heterocycles. The summed E-state index contributed by atoms with van der Waals surface area (Å²) in [6.07, 6.45) is 0. The van der Waals surface area contributed by atoms with Crippen LogP contribution in [0.15, 0.2) is 77.7 Å². The summed E-state index contributed by atoms with van der Waals surface area (Å²) in [5, 5.41) is 5.21. The van der Waals surface area contributed by atoms with Crippen LogP contribution in [0.5, 0.6) is 5.75 Å². The van der Waals surface area contributed by atoms with Crippen molar-refractivity contribution < 1.29 is 26.9 Å². The minimum Gasteiger partial charge on any atom is -0.465 e. The molecule has 0 saturated heterocycles. The fourth-order valence-electron chi connectivity index (χ4n) is 2.63. The fraction of sp³-hybridized carbons (Fsp3) is 0.0909. The number of aryl methyl sites for hydroxylation is 1. The summed E-state index contributed by atoms with van der Waals surface area (Å²) < 4.78 is 35.3. The monoisotopic (exact) mass is 440 g/mol. The van der Waals surface area contributed by atoms with E-state index in [2.05, 4.69) is 10.6 Å². The number of benzene rings is 3. The Hall–Kier alpha value is -3.85. The molecule has 2 N–H and O–H groups in total. The van der Waals surface area contributed by atoms with Crippen molar-refractivity contribution in [1.82, 2.24) is 0 Å². The maximum Gasteiger partial charge on any atom is 0.341 e. The molecule has 0 saturated carbocycles. The number of amides is 2. The molecule has 0 heterocycles. The smallest absolute Gasteiger partial charge is 0.341 e. The van der Waals surface area contributed by atoms with E-state index in [1.165, 1.54) is 37.4 Å². The number of para-hydroxylation sites is 1. The number of nitrogens with one attached hydrogen (secondary N) is 2. The largest absolute Gasteiger partial charge is 0.465 e. The summed E-state index contributed by atoms with van der Waals surface area (Å²) in [4.78, 5) is 24.2. The zero-order valence-corrected chi connectivity index (χ0v) is 17.6. The number of hydrogen-bond acceptors (Lipinski definition) is 6. The van der Waals surface area contributed by atoms with Crippen LogP contribution in [0, 0.1) is 6.92 Å². The Morgan fingerprint density at radius 2 is 1.48 bits per heavy atom. The van der Waals surface area contributed by atoms with Crippen LogP contribution >= 0.6 is 0 Å². The molecule has 8 nitrogen and oxygen atoms in total. The lowest BCUT2D eigenvalue weighted by atomic mass is 10.2. The lowest BCUT2D eigenvalue weighted by molar-refractivity contribution is 0.0599. The maximum absolute atomic E-state index is 12.7. The number of esters is 1. The molecule has 160 valence electrons. The number of urea groups is 1. The Labute approximate surface area is 179 Å². The van der Waals surface area contributed by atoms with E-state index in [9.17, 15) is 18.0 Å². The summed E-state index contributed by atoms with van der Waals surface area (Å²) in [7, 11) is -3.06. The lowest BCUT2D eigenvalue weighted by Gasteiger charge is -2.13. The van der Waals surface area contributed by atoms with Crippen LogP contribution in [0.4, 0.5) is 16.2 Å². The van der Waals surface area contributed by atoms with Crippen molar-refractivity contribution in [2.24, 2.45) is 0 Å². The summed E-state index contributed by atoms with van der Waals surface area (Å²) >= 11 is 0. The van der Waals surface area contributed by atoms with Gasteiger partial charge in [0.1, 0.15) is 10.5 Å². The van der Waals surface area contributed by atoms with E-state index in [4.69, 9.17) is 8.92 Å². The minimum absolute atomic E-state index is 0.0749.